The number of hydrogen-bond acceptors (Lipinski definition) is 9. The summed E-state index contributed by atoms with van der Waals surface area (Å²) in [6, 6.07) is 3.48. The molecule has 14 heteroatoms. The highest BCUT2D eigenvalue weighted by Crippen LogP contribution is 2.29. The second-order valence-corrected chi connectivity index (χ2v) is 13.3. The number of methoxy groups -OCH3 is 2. The third-order valence-electron chi connectivity index (χ3n) is 9.24. The van der Waals surface area contributed by atoms with Gasteiger partial charge in [-0.1, -0.05) is 34.1 Å². The molecule has 4 amide bonds. The minimum Gasteiger partial charge on any atom is -0.391 e. The molecule has 0 radical (unpaired) electrons. The number of likely N-dealkylation sites (tertiary alicyclic amines) is 1. The second kappa shape index (κ2) is 19.7. The molecule has 1 aromatic rings. The molecule has 1 aromatic carbocycles. The molecule has 49 heavy (non-hydrogen) atoms. The van der Waals surface area contributed by atoms with E-state index in [1.54, 1.807) is 14.0 Å². The van der Waals surface area contributed by atoms with Gasteiger partial charge in [-0.05, 0) is 57.1 Å². The van der Waals surface area contributed by atoms with Crippen LogP contribution in [0.15, 0.2) is 24.3 Å². The first kappa shape index (κ1) is 41.7. The van der Waals surface area contributed by atoms with E-state index in [-0.39, 0.29) is 61.7 Å². The first-order valence-electron chi connectivity index (χ1n) is 16.9. The fourth-order valence-electron chi connectivity index (χ4n) is 6.65. The van der Waals surface area contributed by atoms with Gasteiger partial charge in [0, 0.05) is 33.4 Å². The predicted octanol–water partition coefficient (Wildman–Crippen LogP) is 1.47. The maximum Gasteiger partial charge on any atom is 0.242 e. The van der Waals surface area contributed by atoms with E-state index in [1.807, 2.05) is 39.8 Å². The zero-order valence-corrected chi connectivity index (χ0v) is 30.4. The Morgan fingerprint density at radius 1 is 0.980 bits per heavy atom. The van der Waals surface area contributed by atoms with Gasteiger partial charge in [0.25, 0.3) is 0 Å². The van der Waals surface area contributed by atoms with Crippen molar-refractivity contribution in [2.75, 3.05) is 55.0 Å². The number of carbonyl (C=O) groups excluding carboxylic acids is 5. The third-order valence-corrected chi connectivity index (χ3v) is 9.24. The van der Waals surface area contributed by atoms with Crippen LogP contribution in [0.3, 0.4) is 0 Å². The number of rotatable bonds is 19. The van der Waals surface area contributed by atoms with Crippen LogP contribution in [0.1, 0.15) is 63.7 Å². The molecule has 1 aliphatic rings. The number of aliphatic hydroxyl groups excluding tert-OH is 1. The van der Waals surface area contributed by atoms with Crippen molar-refractivity contribution in [3.05, 3.63) is 35.6 Å². The predicted molar refractivity (Wildman–Crippen MR) is 182 cm³/mol. The van der Waals surface area contributed by atoms with E-state index < -0.39 is 59.9 Å². The molecule has 276 valence electrons. The quantitative estimate of drug-likeness (QED) is 0.183. The molecular formula is C35H56FN5O8. The standard InChI is InChI=1S/C35H56FN5O8/c1-10-11-26(40(7)31(45)19-38-35(47)32(21(2)3)39(5)6)29(48-8)17-30(44)41-20-25(42)16-27(41)33(49-9)22(4)34(46)37-18-28(43)23-12-14-24(36)15-13-23/h12-15,21-22,25-27,29,32-33,42H,10-11,16-20H2,1-9H3,(H,37,46)(H,38,47)/t22?,25?,26-,27?,29?,32?,33?/m0/s1. The van der Waals surface area contributed by atoms with Gasteiger partial charge in [0.15, 0.2) is 5.78 Å². The molecule has 0 aliphatic carbocycles. The third kappa shape index (κ3) is 11.5. The SMILES string of the molecule is CCC[C@@H](C(CC(=O)N1CC(O)CC1C(OC)C(C)C(=O)NCC(=O)c1ccc(F)cc1)OC)N(C)C(=O)CNC(=O)C(C(C)C)N(C)C. The number of hydrogen-bond donors (Lipinski definition) is 3. The van der Waals surface area contributed by atoms with E-state index in [0.29, 0.717) is 12.8 Å². The summed E-state index contributed by atoms with van der Waals surface area (Å²) in [5.74, 6) is -3.02. The summed E-state index contributed by atoms with van der Waals surface area (Å²) in [6.45, 7) is 6.96. The molecule has 3 N–H and O–H groups in total. The minimum absolute atomic E-state index is 0.0271. The second-order valence-electron chi connectivity index (χ2n) is 13.3. The van der Waals surface area contributed by atoms with E-state index >= 15 is 0 Å². The summed E-state index contributed by atoms with van der Waals surface area (Å²) >= 11 is 0. The molecule has 1 heterocycles. The zero-order valence-electron chi connectivity index (χ0n) is 30.4. The van der Waals surface area contributed by atoms with E-state index in [1.165, 1.54) is 48.3 Å². The summed E-state index contributed by atoms with van der Waals surface area (Å²) in [5, 5.41) is 16.0. The fraction of sp³-hybridized carbons (Fsp3) is 0.686. The monoisotopic (exact) mass is 693 g/mol. The van der Waals surface area contributed by atoms with Crippen LogP contribution in [-0.2, 0) is 28.7 Å². The summed E-state index contributed by atoms with van der Waals surface area (Å²) in [5.41, 5.74) is 0.253. The lowest BCUT2D eigenvalue weighted by molar-refractivity contribution is -0.145. The number of carbonyl (C=O) groups is 5. The van der Waals surface area contributed by atoms with Crippen molar-refractivity contribution in [3.63, 3.8) is 0 Å². The van der Waals surface area contributed by atoms with Crippen molar-refractivity contribution in [1.82, 2.24) is 25.3 Å². The molecule has 0 bridgehead atoms. The minimum atomic E-state index is -0.848. The molecule has 1 aliphatic heterocycles. The van der Waals surface area contributed by atoms with Crippen molar-refractivity contribution < 1.29 is 42.9 Å². The average Bonchev–Trinajstić information content (AvgIpc) is 3.44. The Hall–Kier alpha value is -3.46. The van der Waals surface area contributed by atoms with Gasteiger partial charge in [-0.15, -0.1) is 0 Å². The van der Waals surface area contributed by atoms with E-state index in [9.17, 15) is 33.5 Å². The molecule has 0 spiro atoms. The lowest BCUT2D eigenvalue weighted by Crippen LogP contribution is -2.53. The maximum absolute atomic E-state index is 13.8. The van der Waals surface area contributed by atoms with Crippen LogP contribution >= 0.6 is 0 Å². The molecule has 13 nitrogen and oxygen atoms in total. The first-order chi connectivity index (χ1) is 23.1. The lowest BCUT2D eigenvalue weighted by Gasteiger charge is -2.37. The van der Waals surface area contributed by atoms with E-state index in [0.717, 1.165) is 0 Å². The number of nitrogens with one attached hydrogen (secondary N) is 2. The number of amides is 4. The van der Waals surface area contributed by atoms with Crippen molar-refractivity contribution in [3.8, 4) is 0 Å². The van der Waals surface area contributed by atoms with E-state index in [4.69, 9.17) is 9.47 Å². The number of ketones is 1. The van der Waals surface area contributed by atoms with Crippen LogP contribution in [0.4, 0.5) is 4.39 Å². The Morgan fingerprint density at radius 3 is 2.12 bits per heavy atom. The van der Waals surface area contributed by atoms with Crippen LogP contribution in [0.5, 0.6) is 0 Å². The van der Waals surface area contributed by atoms with Crippen LogP contribution < -0.4 is 10.6 Å². The number of ether oxygens (including phenoxy) is 2. The number of halogens is 1. The van der Waals surface area contributed by atoms with Gasteiger partial charge in [-0.3, -0.25) is 28.9 Å². The number of nitrogens with zero attached hydrogens (tertiary/aromatic N) is 3. The van der Waals surface area contributed by atoms with E-state index in [2.05, 4.69) is 10.6 Å². The number of likely N-dealkylation sites (N-methyl/N-ethyl adjacent to an activating group) is 2. The Labute approximate surface area is 289 Å². The molecule has 2 rings (SSSR count). The molecule has 0 saturated carbocycles. The van der Waals surface area contributed by atoms with Crippen LogP contribution in [-0.4, -0.2) is 141 Å². The van der Waals surface area contributed by atoms with Gasteiger partial charge in [0.05, 0.1) is 61.9 Å². The first-order valence-corrected chi connectivity index (χ1v) is 16.9. The molecular weight excluding hydrogens is 637 g/mol. The maximum atomic E-state index is 13.8. The van der Waals surface area contributed by atoms with Crippen molar-refractivity contribution in [2.24, 2.45) is 11.8 Å². The highest BCUT2D eigenvalue weighted by Gasteiger charge is 2.44. The highest BCUT2D eigenvalue weighted by molar-refractivity contribution is 5.99. The van der Waals surface area contributed by atoms with Crippen LogP contribution in [0, 0.1) is 17.7 Å². The Kier molecular flexibility index (Phi) is 16.7. The number of benzene rings is 1. The number of Topliss-reactive ketones (excluding diaryl/α,β-unsaturated/α-hetero) is 1. The summed E-state index contributed by atoms with van der Waals surface area (Å²) in [6.07, 6.45) is -1.04. The Bertz CT molecular complexity index is 1250. The number of β-amino-alcohol motifs (C(OH)–C–C–N with tert-alkyl or cyclic N) is 1. The fourth-order valence-corrected chi connectivity index (χ4v) is 6.65. The Balaban J connectivity index is 2.12. The van der Waals surface area contributed by atoms with Crippen LogP contribution in [0.2, 0.25) is 0 Å². The zero-order chi connectivity index (χ0) is 37.0. The van der Waals surface area contributed by atoms with Crippen molar-refractivity contribution in [1.29, 1.82) is 0 Å². The molecule has 0 aromatic heterocycles. The summed E-state index contributed by atoms with van der Waals surface area (Å²) in [4.78, 5) is 70.4. The topological polar surface area (TPSA) is 158 Å². The van der Waals surface area contributed by atoms with Gasteiger partial charge >= 0.3 is 0 Å². The average molecular weight is 694 g/mol. The Morgan fingerprint density at radius 2 is 1.59 bits per heavy atom. The molecule has 6 unspecified atom stereocenters. The highest BCUT2D eigenvalue weighted by atomic mass is 19.1. The smallest absolute Gasteiger partial charge is 0.242 e. The van der Waals surface area contributed by atoms with Gasteiger partial charge in [0.2, 0.25) is 23.6 Å². The van der Waals surface area contributed by atoms with Crippen molar-refractivity contribution in [2.45, 2.75) is 89.8 Å². The largest absolute Gasteiger partial charge is 0.391 e. The summed E-state index contributed by atoms with van der Waals surface area (Å²) < 4.78 is 24.7. The van der Waals surface area contributed by atoms with Gasteiger partial charge < -0.3 is 35.0 Å². The molecule has 1 fully saturated rings. The van der Waals surface area contributed by atoms with Crippen molar-refractivity contribution >= 4 is 29.4 Å². The summed E-state index contributed by atoms with van der Waals surface area (Å²) in [7, 11) is 8.14. The van der Waals surface area contributed by atoms with Gasteiger partial charge in [-0.25, -0.2) is 4.39 Å². The normalized spacial score (nSPS) is 19.2. The number of aliphatic hydroxyl groups is 1. The molecule has 1 saturated heterocycles. The van der Waals surface area contributed by atoms with Gasteiger partial charge in [-0.2, -0.15) is 0 Å². The lowest BCUT2D eigenvalue weighted by atomic mass is 9.93. The van der Waals surface area contributed by atoms with Gasteiger partial charge in [0.1, 0.15) is 5.82 Å². The van der Waals surface area contributed by atoms with Crippen LogP contribution in [0.25, 0.3) is 0 Å². The molecule has 7 atom stereocenters.